The first-order valence-electron chi connectivity index (χ1n) is 5.03. The second-order valence-electron chi connectivity index (χ2n) is 5.06. The molecule has 1 aliphatic rings. The molecule has 1 rings (SSSR count). The maximum atomic E-state index is 11.9. The Kier molecular flexibility index (Phi) is 3.04. The van der Waals surface area contributed by atoms with Crippen molar-refractivity contribution in [1.82, 2.24) is 4.90 Å². The van der Waals surface area contributed by atoms with Crippen LogP contribution >= 0.6 is 0 Å². The van der Waals surface area contributed by atoms with Crippen LogP contribution in [0, 0.1) is 5.41 Å². The van der Waals surface area contributed by atoms with Gasteiger partial charge in [-0.1, -0.05) is 20.8 Å². The number of hydrogen-bond donors (Lipinski definition) is 2. The van der Waals surface area contributed by atoms with Gasteiger partial charge >= 0.3 is 5.97 Å². The number of carboxylic acid groups (broad SMARTS) is 1. The topological polar surface area (TPSA) is 83.6 Å². The molecule has 0 radical (unpaired) electrons. The summed E-state index contributed by atoms with van der Waals surface area (Å²) in [6, 6.07) is -0.982. The Morgan fingerprint density at radius 2 is 1.93 bits per heavy atom. The Morgan fingerprint density at radius 1 is 1.40 bits per heavy atom. The minimum atomic E-state index is -0.972. The molecule has 86 valence electrons. The van der Waals surface area contributed by atoms with Gasteiger partial charge in [0.2, 0.25) is 5.91 Å². The van der Waals surface area contributed by atoms with Crippen molar-refractivity contribution in [3.8, 4) is 0 Å². The van der Waals surface area contributed by atoms with E-state index in [2.05, 4.69) is 0 Å². The van der Waals surface area contributed by atoms with Gasteiger partial charge in [0.25, 0.3) is 0 Å². The molecule has 0 bridgehead atoms. The number of carboxylic acids is 1. The molecule has 1 aliphatic heterocycles. The molecule has 0 aromatic carbocycles. The van der Waals surface area contributed by atoms with Crippen molar-refractivity contribution in [2.45, 2.75) is 39.3 Å². The van der Waals surface area contributed by atoms with E-state index in [9.17, 15) is 9.59 Å². The Balaban J connectivity index is 2.85. The van der Waals surface area contributed by atoms with Gasteiger partial charge in [0.05, 0.1) is 0 Å². The SMILES string of the molecule is CC(C)(C)C(=O)N1CC(N)CC1C(=O)O. The predicted molar refractivity (Wildman–Crippen MR) is 55.2 cm³/mol. The Morgan fingerprint density at radius 3 is 2.33 bits per heavy atom. The smallest absolute Gasteiger partial charge is 0.326 e. The number of nitrogens with zero attached hydrogens (tertiary/aromatic N) is 1. The van der Waals surface area contributed by atoms with E-state index in [0.717, 1.165) is 0 Å². The largest absolute Gasteiger partial charge is 0.480 e. The molecule has 0 aromatic rings. The fourth-order valence-corrected chi connectivity index (χ4v) is 1.76. The molecule has 2 atom stereocenters. The van der Waals surface area contributed by atoms with Crippen molar-refractivity contribution in [1.29, 1.82) is 0 Å². The minimum absolute atomic E-state index is 0.150. The molecular formula is C10H18N2O3. The van der Waals surface area contributed by atoms with Crippen LogP contribution in [0.15, 0.2) is 0 Å². The van der Waals surface area contributed by atoms with E-state index in [-0.39, 0.29) is 11.9 Å². The molecule has 1 amide bonds. The summed E-state index contributed by atoms with van der Waals surface area (Å²) in [5.74, 6) is -1.12. The zero-order valence-electron chi connectivity index (χ0n) is 9.36. The molecule has 15 heavy (non-hydrogen) atoms. The van der Waals surface area contributed by atoms with E-state index in [1.165, 1.54) is 4.90 Å². The molecule has 1 saturated heterocycles. The number of nitrogens with two attached hydrogens (primary N) is 1. The number of hydrogen-bond acceptors (Lipinski definition) is 3. The van der Waals surface area contributed by atoms with Crippen LogP contribution in [0.2, 0.25) is 0 Å². The predicted octanol–water partition coefficient (Wildman–Crippen LogP) is 0.0453. The third kappa shape index (κ3) is 2.47. The lowest BCUT2D eigenvalue weighted by Gasteiger charge is -2.28. The lowest BCUT2D eigenvalue weighted by atomic mass is 9.94. The van der Waals surface area contributed by atoms with Gasteiger partial charge in [-0.25, -0.2) is 4.79 Å². The van der Waals surface area contributed by atoms with E-state index in [0.29, 0.717) is 13.0 Å². The van der Waals surface area contributed by atoms with Crippen LogP contribution in [0.1, 0.15) is 27.2 Å². The van der Waals surface area contributed by atoms with Crippen molar-refractivity contribution < 1.29 is 14.7 Å². The van der Waals surface area contributed by atoms with Crippen LogP contribution in [0.5, 0.6) is 0 Å². The van der Waals surface area contributed by atoms with Crippen LogP contribution in [0.25, 0.3) is 0 Å². The van der Waals surface area contributed by atoms with Crippen LogP contribution in [0.3, 0.4) is 0 Å². The summed E-state index contributed by atoms with van der Waals surface area (Å²) in [6.07, 6.45) is 0.344. The van der Waals surface area contributed by atoms with Crippen LogP contribution in [-0.4, -0.2) is 40.5 Å². The molecule has 5 nitrogen and oxygen atoms in total. The molecule has 1 heterocycles. The van der Waals surface area contributed by atoms with Gasteiger partial charge in [-0.2, -0.15) is 0 Å². The number of carbonyl (C=O) groups excluding carboxylic acids is 1. The number of rotatable bonds is 1. The Hall–Kier alpha value is -1.10. The van der Waals surface area contributed by atoms with Crippen molar-refractivity contribution in [3.05, 3.63) is 0 Å². The third-order valence-electron chi connectivity index (χ3n) is 2.52. The quantitative estimate of drug-likeness (QED) is 0.645. The fourth-order valence-electron chi connectivity index (χ4n) is 1.76. The van der Waals surface area contributed by atoms with Crippen LogP contribution in [-0.2, 0) is 9.59 Å². The molecule has 3 N–H and O–H groups in total. The standard InChI is InChI=1S/C10H18N2O3/c1-10(2,3)9(15)12-5-6(11)4-7(12)8(13)14/h6-7H,4-5,11H2,1-3H3,(H,13,14). The molecule has 0 spiro atoms. The van der Waals surface area contributed by atoms with Gasteiger partial charge in [-0.15, -0.1) is 0 Å². The first-order valence-corrected chi connectivity index (χ1v) is 5.03. The summed E-state index contributed by atoms with van der Waals surface area (Å²) in [5, 5.41) is 8.97. The minimum Gasteiger partial charge on any atom is -0.480 e. The van der Waals surface area contributed by atoms with Gasteiger partial charge in [0.15, 0.2) is 0 Å². The molecule has 0 aliphatic carbocycles. The number of likely N-dealkylation sites (tertiary alicyclic amines) is 1. The van der Waals surface area contributed by atoms with Gasteiger partial charge in [-0.3, -0.25) is 4.79 Å². The van der Waals surface area contributed by atoms with Gasteiger partial charge in [-0.05, 0) is 6.42 Å². The summed E-state index contributed by atoms with van der Waals surface area (Å²) in [5.41, 5.74) is 5.12. The summed E-state index contributed by atoms with van der Waals surface area (Å²) in [6.45, 7) is 5.67. The summed E-state index contributed by atoms with van der Waals surface area (Å²) >= 11 is 0. The summed E-state index contributed by atoms with van der Waals surface area (Å²) in [4.78, 5) is 24.3. The molecule has 2 unspecified atom stereocenters. The van der Waals surface area contributed by atoms with Crippen molar-refractivity contribution in [3.63, 3.8) is 0 Å². The Labute approximate surface area is 89.2 Å². The monoisotopic (exact) mass is 214 g/mol. The van der Waals surface area contributed by atoms with Gasteiger partial charge in [0, 0.05) is 18.0 Å². The lowest BCUT2D eigenvalue weighted by molar-refractivity contribution is -0.151. The lowest BCUT2D eigenvalue weighted by Crippen LogP contribution is -2.46. The first kappa shape index (κ1) is 12.0. The number of carbonyl (C=O) groups is 2. The highest BCUT2D eigenvalue weighted by Crippen LogP contribution is 2.24. The maximum Gasteiger partial charge on any atom is 0.326 e. The molecular weight excluding hydrogens is 196 g/mol. The third-order valence-corrected chi connectivity index (χ3v) is 2.52. The number of aliphatic carboxylic acids is 1. The van der Waals surface area contributed by atoms with Crippen LogP contribution in [0.4, 0.5) is 0 Å². The highest BCUT2D eigenvalue weighted by atomic mass is 16.4. The van der Waals surface area contributed by atoms with E-state index >= 15 is 0 Å². The zero-order valence-corrected chi connectivity index (χ0v) is 9.36. The average molecular weight is 214 g/mol. The number of amides is 1. The molecule has 0 saturated carbocycles. The highest BCUT2D eigenvalue weighted by molar-refractivity contribution is 5.87. The fraction of sp³-hybridized carbons (Fsp3) is 0.800. The summed E-state index contributed by atoms with van der Waals surface area (Å²) in [7, 11) is 0. The van der Waals surface area contributed by atoms with E-state index in [1.54, 1.807) is 20.8 Å². The van der Waals surface area contributed by atoms with Crippen molar-refractivity contribution in [2.24, 2.45) is 11.1 Å². The second kappa shape index (κ2) is 3.81. The van der Waals surface area contributed by atoms with E-state index < -0.39 is 17.4 Å². The zero-order chi connectivity index (χ0) is 11.8. The Bertz CT molecular complexity index is 283. The van der Waals surface area contributed by atoms with Gasteiger partial charge in [0.1, 0.15) is 6.04 Å². The molecule has 1 fully saturated rings. The van der Waals surface area contributed by atoms with Crippen LogP contribution < -0.4 is 5.73 Å². The normalized spacial score (nSPS) is 26.8. The van der Waals surface area contributed by atoms with Crippen molar-refractivity contribution >= 4 is 11.9 Å². The molecule has 0 aromatic heterocycles. The van der Waals surface area contributed by atoms with Crippen molar-refractivity contribution in [2.75, 3.05) is 6.54 Å². The average Bonchev–Trinajstić information content (AvgIpc) is 2.44. The summed E-state index contributed by atoms with van der Waals surface area (Å²) < 4.78 is 0. The van der Waals surface area contributed by atoms with E-state index in [1.807, 2.05) is 0 Å². The van der Waals surface area contributed by atoms with E-state index in [4.69, 9.17) is 10.8 Å². The molecule has 5 heteroatoms. The highest BCUT2D eigenvalue weighted by Gasteiger charge is 2.41. The maximum absolute atomic E-state index is 11.9. The van der Waals surface area contributed by atoms with Gasteiger partial charge < -0.3 is 15.7 Å². The first-order chi connectivity index (χ1) is 6.73. The second-order valence-corrected chi connectivity index (χ2v) is 5.06.